The van der Waals surface area contributed by atoms with Crippen molar-refractivity contribution < 1.29 is 29.1 Å². The zero-order valence-corrected chi connectivity index (χ0v) is 18.5. The summed E-state index contributed by atoms with van der Waals surface area (Å²) < 4.78 is 0. The first kappa shape index (κ1) is 28.6. The fourth-order valence-corrected chi connectivity index (χ4v) is 2.97. The number of hydrogen-bond acceptors (Lipinski definition) is 8. The Morgan fingerprint density at radius 2 is 1.65 bits per heavy atom. The highest BCUT2D eigenvalue weighted by atomic mass is 32.2. The number of amides is 4. The van der Waals surface area contributed by atoms with E-state index in [0.29, 0.717) is 25.1 Å². The molecule has 0 fully saturated rings. The van der Waals surface area contributed by atoms with Gasteiger partial charge in [-0.3, -0.25) is 19.2 Å². The average Bonchev–Trinajstić information content (AvgIpc) is 2.72. The monoisotopic (exact) mass is 462 g/mol. The number of unbranched alkanes of at least 4 members (excludes halogenated alkanes) is 1. The van der Waals surface area contributed by atoms with Gasteiger partial charge in [0.15, 0.2) is 0 Å². The molecule has 0 radical (unpaired) electrons. The van der Waals surface area contributed by atoms with Crippen molar-refractivity contribution in [1.29, 1.82) is 0 Å². The van der Waals surface area contributed by atoms with Crippen LogP contribution in [0.5, 0.6) is 0 Å². The fourth-order valence-electron chi connectivity index (χ4n) is 2.50. The van der Waals surface area contributed by atoms with Crippen LogP contribution in [-0.2, 0) is 24.0 Å². The van der Waals surface area contributed by atoms with Crippen LogP contribution in [0.4, 0.5) is 0 Å². The first-order chi connectivity index (χ1) is 14.6. The molecule has 4 amide bonds. The summed E-state index contributed by atoms with van der Waals surface area (Å²) in [4.78, 5) is 58.8. The molecule has 0 aromatic carbocycles. The van der Waals surface area contributed by atoms with Gasteiger partial charge in [-0.25, -0.2) is 4.79 Å². The molecule has 0 saturated heterocycles. The molecule has 178 valence electrons. The van der Waals surface area contributed by atoms with Crippen molar-refractivity contribution in [2.24, 2.45) is 17.2 Å². The minimum atomic E-state index is -1.16. The molecule has 0 saturated carbocycles. The lowest BCUT2D eigenvalue weighted by Crippen LogP contribution is -2.53. The summed E-state index contributed by atoms with van der Waals surface area (Å²) in [5.74, 6) is -3.10. The maximum Gasteiger partial charge on any atom is 0.326 e. The third-order valence-corrected chi connectivity index (χ3v) is 4.93. The molecule has 0 aromatic rings. The van der Waals surface area contributed by atoms with E-state index >= 15 is 0 Å². The number of carboxylic acid groups (broad SMARTS) is 1. The lowest BCUT2D eigenvalue weighted by Gasteiger charge is -2.21. The van der Waals surface area contributed by atoms with Crippen LogP contribution in [0.25, 0.3) is 0 Å². The molecule has 3 unspecified atom stereocenters. The molecule has 31 heavy (non-hydrogen) atoms. The number of carbonyl (C=O) groups excluding carboxylic acids is 4. The predicted octanol–water partition coefficient (Wildman–Crippen LogP) is -2.37. The van der Waals surface area contributed by atoms with Crippen molar-refractivity contribution in [3.63, 3.8) is 0 Å². The van der Waals surface area contributed by atoms with Crippen molar-refractivity contribution in [2.45, 2.75) is 56.7 Å². The molecule has 3 atom stereocenters. The van der Waals surface area contributed by atoms with Gasteiger partial charge in [0.05, 0.1) is 12.6 Å². The normalized spacial score (nSPS) is 13.5. The quantitative estimate of drug-likeness (QED) is 0.115. The zero-order valence-electron chi connectivity index (χ0n) is 17.7. The van der Waals surface area contributed by atoms with Crippen molar-refractivity contribution in [3.05, 3.63) is 0 Å². The largest absolute Gasteiger partial charge is 0.480 e. The standard InChI is InChI=1S/C18H34N6O6S/c1-31-9-7-13(18(29)30)23-15(26)10-22-17(28)12(4-2-3-8-19)24-16(27)11(20)5-6-14(21)25/h11-13H,2-10,19-20H2,1H3,(H2,21,25)(H,22,28)(H,23,26)(H,24,27)(H,29,30). The van der Waals surface area contributed by atoms with E-state index < -0.39 is 54.3 Å². The summed E-state index contributed by atoms with van der Waals surface area (Å²) in [5, 5.41) is 16.4. The molecule has 10 N–H and O–H groups in total. The topological polar surface area (TPSA) is 220 Å². The Morgan fingerprint density at radius 3 is 2.19 bits per heavy atom. The van der Waals surface area contributed by atoms with E-state index in [9.17, 15) is 24.0 Å². The fraction of sp³-hybridized carbons (Fsp3) is 0.722. The minimum absolute atomic E-state index is 0.0351. The summed E-state index contributed by atoms with van der Waals surface area (Å²) in [6, 6.07) is -3.04. The number of aliphatic carboxylic acids is 1. The number of rotatable bonds is 17. The Labute approximate surface area is 185 Å². The third-order valence-electron chi connectivity index (χ3n) is 4.29. The van der Waals surface area contributed by atoms with Crippen LogP contribution in [0.1, 0.15) is 38.5 Å². The Morgan fingerprint density at radius 1 is 0.968 bits per heavy atom. The second-order valence-electron chi connectivity index (χ2n) is 6.91. The number of thioether (sulfide) groups is 1. The van der Waals surface area contributed by atoms with Crippen LogP contribution in [0, 0.1) is 0 Å². The molecule has 0 aliphatic heterocycles. The molecule has 0 rings (SSSR count). The van der Waals surface area contributed by atoms with Crippen LogP contribution in [0.2, 0.25) is 0 Å². The van der Waals surface area contributed by atoms with Gasteiger partial charge in [0.2, 0.25) is 23.6 Å². The van der Waals surface area contributed by atoms with E-state index in [1.165, 1.54) is 11.8 Å². The lowest BCUT2D eigenvalue weighted by atomic mass is 10.1. The van der Waals surface area contributed by atoms with E-state index in [-0.39, 0.29) is 25.7 Å². The highest BCUT2D eigenvalue weighted by Crippen LogP contribution is 2.04. The SMILES string of the molecule is CSCCC(NC(=O)CNC(=O)C(CCCCN)NC(=O)C(N)CCC(N)=O)C(=O)O. The summed E-state index contributed by atoms with van der Waals surface area (Å²) in [7, 11) is 0. The van der Waals surface area contributed by atoms with Gasteiger partial charge in [-0.05, 0) is 50.7 Å². The predicted molar refractivity (Wildman–Crippen MR) is 117 cm³/mol. The van der Waals surface area contributed by atoms with Crippen LogP contribution in [0.3, 0.4) is 0 Å². The maximum absolute atomic E-state index is 12.5. The highest BCUT2D eigenvalue weighted by molar-refractivity contribution is 7.98. The molecule has 0 aliphatic rings. The molecule has 0 aromatic heterocycles. The Balaban J connectivity index is 4.81. The van der Waals surface area contributed by atoms with Gasteiger partial charge in [0.1, 0.15) is 12.1 Å². The second kappa shape index (κ2) is 16.3. The Bertz CT molecular complexity index is 620. The van der Waals surface area contributed by atoms with Crippen LogP contribution >= 0.6 is 11.8 Å². The number of hydrogen-bond donors (Lipinski definition) is 7. The van der Waals surface area contributed by atoms with Crippen molar-refractivity contribution in [3.8, 4) is 0 Å². The number of carbonyl (C=O) groups is 5. The molecule has 0 aliphatic carbocycles. The van der Waals surface area contributed by atoms with Crippen LogP contribution in [0.15, 0.2) is 0 Å². The smallest absolute Gasteiger partial charge is 0.326 e. The van der Waals surface area contributed by atoms with Gasteiger partial charge in [0, 0.05) is 6.42 Å². The Kier molecular flexibility index (Phi) is 15.1. The first-order valence-electron chi connectivity index (χ1n) is 9.95. The van der Waals surface area contributed by atoms with E-state index in [1.807, 2.05) is 6.26 Å². The summed E-state index contributed by atoms with van der Waals surface area (Å²) in [6.07, 6.45) is 3.48. The number of nitrogens with two attached hydrogens (primary N) is 3. The zero-order chi connectivity index (χ0) is 23.8. The number of primary amides is 1. The van der Waals surface area contributed by atoms with Gasteiger partial charge in [0.25, 0.3) is 0 Å². The van der Waals surface area contributed by atoms with Gasteiger partial charge in [-0.1, -0.05) is 0 Å². The molecule has 0 heterocycles. The Hall–Kier alpha value is -2.38. The first-order valence-corrected chi connectivity index (χ1v) is 11.3. The van der Waals surface area contributed by atoms with E-state index in [4.69, 9.17) is 22.3 Å². The van der Waals surface area contributed by atoms with Gasteiger partial charge < -0.3 is 38.3 Å². The minimum Gasteiger partial charge on any atom is -0.480 e. The van der Waals surface area contributed by atoms with E-state index in [0.717, 1.165) is 0 Å². The molecule has 0 spiro atoms. The second-order valence-corrected chi connectivity index (χ2v) is 7.90. The van der Waals surface area contributed by atoms with Crippen molar-refractivity contribution in [2.75, 3.05) is 25.1 Å². The molecule has 13 heteroatoms. The molecular formula is C18H34N6O6S. The molecule has 0 bridgehead atoms. The van der Waals surface area contributed by atoms with Gasteiger partial charge >= 0.3 is 5.97 Å². The van der Waals surface area contributed by atoms with E-state index in [2.05, 4.69) is 16.0 Å². The van der Waals surface area contributed by atoms with Crippen molar-refractivity contribution in [1.82, 2.24) is 16.0 Å². The summed E-state index contributed by atoms with van der Waals surface area (Å²) in [6.45, 7) is -0.0334. The van der Waals surface area contributed by atoms with Crippen LogP contribution in [-0.4, -0.2) is 77.9 Å². The van der Waals surface area contributed by atoms with Gasteiger partial charge in [-0.15, -0.1) is 0 Å². The molecule has 12 nitrogen and oxygen atoms in total. The van der Waals surface area contributed by atoms with Crippen molar-refractivity contribution >= 4 is 41.4 Å². The summed E-state index contributed by atoms with van der Waals surface area (Å²) in [5.41, 5.74) is 16.2. The molecular weight excluding hydrogens is 428 g/mol. The average molecular weight is 463 g/mol. The third kappa shape index (κ3) is 13.5. The van der Waals surface area contributed by atoms with E-state index in [1.54, 1.807) is 0 Å². The number of carboxylic acids is 1. The number of nitrogens with one attached hydrogen (secondary N) is 3. The summed E-state index contributed by atoms with van der Waals surface area (Å²) >= 11 is 1.45. The van der Waals surface area contributed by atoms with Gasteiger partial charge in [-0.2, -0.15) is 11.8 Å². The highest BCUT2D eigenvalue weighted by Gasteiger charge is 2.25. The maximum atomic E-state index is 12.5. The van der Waals surface area contributed by atoms with Crippen LogP contribution < -0.4 is 33.2 Å². The lowest BCUT2D eigenvalue weighted by molar-refractivity contribution is -0.141.